The number of phenolic OH excluding ortho intramolecular Hbond substituents is 1. The molecule has 0 saturated carbocycles. The van der Waals surface area contributed by atoms with Gasteiger partial charge in [0.1, 0.15) is 11.9 Å². The molecule has 0 aliphatic heterocycles. The van der Waals surface area contributed by atoms with Crippen LogP contribution in [0.3, 0.4) is 0 Å². The smallest absolute Gasteiger partial charge is 0.412 e. The van der Waals surface area contributed by atoms with Crippen LogP contribution in [0.4, 0.5) is 10.5 Å². The number of amides is 1. The van der Waals surface area contributed by atoms with Crippen molar-refractivity contribution in [3.05, 3.63) is 69.1 Å². The lowest BCUT2D eigenvalue weighted by Gasteiger charge is -2.27. The molecule has 3 aromatic rings. The number of hydrogen-bond acceptors (Lipinski definition) is 5. The highest BCUT2D eigenvalue weighted by molar-refractivity contribution is 9.11. The Labute approximate surface area is 191 Å². The third kappa shape index (κ3) is 5.13. The third-order valence-corrected chi connectivity index (χ3v) is 5.74. The molecule has 0 aliphatic rings. The minimum atomic E-state index is -0.953. The van der Waals surface area contributed by atoms with Crippen LogP contribution >= 0.6 is 31.9 Å². The molecule has 0 spiro atoms. The predicted octanol–water partition coefficient (Wildman–Crippen LogP) is 5.76. The van der Waals surface area contributed by atoms with E-state index in [9.17, 15) is 15.0 Å². The van der Waals surface area contributed by atoms with E-state index in [0.717, 1.165) is 10.8 Å². The first kappa shape index (κ1) is 22.6. The quantitative estimate of drug-likeness (QED) is 0.356. The molecular weight excluding hydrogens is 518 g/mol. The van der Waals surface area contributed by atoms with Gasteiger partial charge in [0.05, 0.1) is 10.2 Å². The lowest BCUT2D eigenvalue weighted by molar-refractivity contribution is -0.0314. The number of fused-ring (bicyclic) bond motifs is 1. The van der Waals surface area contributed by atoms with Gasteiger partial charge in [-0.3, -0.25) is 5.32 Å². The fraction of sp³-hybridized carbons (Fsp3) is 0.227. The van der Waals surface area contributed by atoms with Gasteiger partial charge in [-0.25, -0.2) is 4.79 Å². The summed E-state index contributed by atoms with van der Waals surface area (Å²) in [6, 6.07) is 16.6. The lowest BCUT2D eigenvalue weighted by Crippen LogP contribution is -2.29. The van der Waals surface area contributed by atoms with E-state index in [0.29, 0.717) is 20.2 Å². The standard InChI is InChI=1S/C22H21Br2NO5/c1-29-19(9-10-26)21(16-11-14(23)12-17(24)20(16)27)30-22(28)25-18-8-4-6-13-5-2-3-7-15(13)18/h2-8,11-12,19,21,26-27H,9-10H2,1H3,(H,25,28)/t19-,21-/m0/s1. The lowest BCUT2D eigenvalue weighted by atomic mass is 10.0. The molecule has 0 unspecified atom stereocenters. The summed E-state index contributed by atoms with van der Waals surface area (Å²) in [5.41, 5.74) is 0.956. The van der Waals surface area contributed by atoms with Crippen LogP contribution in [0.15, 0.2) is 63.5 Å². The number of nitrogens with one attached hydrogen (secondary N) is 1. The van der Waals surface area contributed by atoms with E-state index in [1.165, 1.54) is 7.11 Å². The molecule has 0 fully saturated rings. The molecule has 30 heavy (non-hydrogen) atoms. The molecule has 0 saturated heterocycles. The summed E-state index contributed by atoms with van der Waals surface area (Å²) in [6.45, 7) is -0.167. The number of phenols is 1. The Morgan fingerprint density at radius 3 is 2.60 bits per heavy atom. The molecule has 0 bridgehead atoms. The predicted molar refractivity (Wildman–Crippen MR) is 123 cm³/mol. The highest BCUT2D eigenvalue weighted by Crippen LogP contribution is 2.39. The van der Waals surface area contributed by atoms with Crippen LogP contribution in [-0.4, -0.2) is 36.1 Å². The second-order valence-corrected chi connectivity index (χ2v) is 8.36. The van der Waals surface area contributed by atoms with Gasteiger partial charge in [-0.2, -0.15) is 0 Å². The third-order valence-electron chi connectivity index (χ3n) is 4.68. The van der Waals surface area contributed by atoms with E-state index in [1.54, 1.807) is 18.2 Å². The first-order valence-electron chi connectivity index (χ1n) is 9.21. The number of aromatic hydroxyl groups is 1. The van der Waals surface area contributed by atoms with Gasteiger partial charge in [-0.15, -0.1) is 0 Å². The SMILES string of the molecule is CO[C@@H](CCO)[C@@H](OC(=O)Nc1cccc2ccccc12)c1cc(Br)cc(Br)c1O. The van der Waals surface area contributed by atoms with Crippen LogP contribution < -0.4 is 5.32 Å². The number of carbonyl (C=O) groups excluding carboxylic acids is 1. The minimum Gasteiger partial charge on any atom is -0.506 e. The Morgan fingerprint density at radius 1 is 1.13 bits per heavy atom. The maximum absolute atomic E-state index is 12.8. The summed E-state index contributed by atoms with van der Waals surface area (Å²) in [5, 5.41) is 24.6. The average Bonchev–Trinajstić information content (AvgIpc) is 2.73. The highest BCUT2D eigenvalue weighted by Gasteiger charge is 2.30. The minimum absolute atomic E-state index is 0.0684. The molecule has 3 rings (SSSR count). The van der Waals surface area contributed by atoms with Crippen molar-refractivity contribution in [2.45, 2.75) is 18.6 Å². The molecular formula is C22H21Br2NO5. The normalized spacial score (nSPS) is 13.1. The number of aliphatic hydroxyl groups is 1. The molecule has 158 valence electrons. The number of hydrogen-bond donors (Lipinski definition) is 3. The van der Waals surface area contributed by atoms with Crippen LogP contribution in [0.25, 0.3) is 10.8 Å². The second-order valence-electron chi connectivity index (χ2n) is 6.59. The van der Waals surface area contributed by atoms with E-state index in [4.69, 9.17) is 9.47 Å². The zero-order valence-electron chi connectivity index (χ0n) is 16.1. The van der Waals surface area contributed by atoms with Crippen LogP contribution in [0.1, 0.15) is 18.1 Å². The van der Waals surface area contributed by atoms with Gasteiger partial charge in [0.15, 0.2) is 6.10 Å². The monoisotopic (exact) mass is 537 g/mol. The summed E-state index contributed by atoms with van der Waals surface area (Å²) in [7, 11) is 1.46. The van der Waals surface area contributed by atoms with Crippen molar-refractivity contribution in [2.75, 3.05) is 19.0 Å². The fourth-order valence-electron chi connectivity index (χ4n) is 3.25. The summed E-state index contributed by atoms with van der Waals surface area (Å²) in [5.74, 6) is -0.0684. The Bertz CT molecular complexity index is 1040. The molecule has 0 aliphatic carbocycles. The van der Waals surface area contributed by atoms with Gasteiger partial charge in [0.25, 0.3) is 0 Å². The van der Waals surface area contributed by atoms with E-state index in [1.807, 2.05) is 36.4 Å². The zero-order chi connectivity index (χ0) is 21.7. The molecule has 1 amide bonds. The van der Waals surface area contributed by atoms with E-state index < -0.39 is 18.3 Å². The fourth-order valence-corrected chi connectivity index (χ4v) is 4.51. The van der Waals surface area contributed by atoms with Crippen LogP contribution in [0.5, 0.6) is 5.75 Å². The number of anilines is 1. The van der Waals surface area contributed by atoms with Crippen LogP contribution in [0.2, 0.25) is 0 Å². The number of benzene rings is 3. The Hall–Kier alpha value is -2.13. The maximum Gasteiger partial charge on any atom is 0.412 e. The van der Waals surface area contributed by atoms with E-state index >= 15 is 0 Å². The number of methoxy groups -OCH3 is 1. The van der Waals surface area contributed by atoms with Gasteiger partial charge in [-0.05, 0) is 39.5 Å². The van der Waals surface area contributed by atoms with Crippen molar-refractivity contribution in [2.24, 2.45) is 0 Å². The second kappa shape index (κ2) is 10.3. The number of halogens is 2. The Morgan fingerprint density at radius 2 is 1.87 bits per heavy atom. The van der Waals surface area contributed by atoms with Gasteiger partial charge in [-0.1, -0.05) is 52.3 Å². The first-order valence-corrected chi connectivity index (χ1v) is 10.8. The number of rotatable bonds is 7. The first-order chi connectivity index (χ1) is 14.4. The van der Waals surface area contributed by atoms with Crippen molar-refractivity contribution < 1.29 is 24.5 Å². The molecule has 0 radical (unpaired) electrons. The van der Waals surface area contributed by atoms with Crippen molar-refractivity contribution in [1.29, 1.82) is 0 Å². The Balaban J connectivity index is 1.92. The van der Waals surface area contributed by atoms with Gasteiger partial charge in [0, 0.05) is 35.6 Å². The summed E-state index contributed by atoms with van der Waals surface area (Å²) in [6.07, 6.45) is -2.11. The van der Waals surface area contributed by atoms with Gasteiger partial charge in [0.2, 0.25) is 0 Å². The molecule has 0 aromatic heterocycles. The summed E-state index contributed by atoms with van der Waals surface area (Å²) < 4.78 is 12.3. The van der Waals surface area contributed by atoms with Crippen LogP contribution in [0, 0.1) is 0 Å². The van der Waals surface area contributed by atoms with E-state index in [-0.39, 0.29) is 18.8 Å². The molecule has 3 aromatic carbocycles. The van der Waals surface area contributed by atoms with Gasteiger partial charge >= 0.3 is 6.09 Å². The van der Waals surface area contributed by atoms with Crippen molar-refractivity contribution in [3.63, 3.8) is 0 Å². The largest absolute Gasteiger partial charge is 0.506 e. The maximum atomic E-state index is 12.8. The van der Waals surface area contributed by atoms with E-state index in [2.05, 4.69) is 37.2 Å². The number of carbonyl (C=O) groups is 1. The van der Waals surface area contributed by atoms with Gasteiger partial charge < -0.3 is 19.7 Å². The molecule has 2 atom stereocenters. The van der Waals surface area contributed by atoms with Crippen LogP contribution in [-0.2, 0) is 9.47 Å². The molecule has 3 N–H and O–H groups in total. The average molecular weight is 539 g/mol. The molecule has 8 heteroatoms. The number of aliphatic hydroxyl groups excluding tert-OH is 1. The topological polar surface area (TPSA) is 88.0 Å². The molecule has 0 heterocycles. The zero-order valence-corrected chi connectivity index (χ0v) is 19.3. The molecule has 6 nitrogen and oxygen atoms in total. The van der Waals surface area contributed by atoms with Crippen molar-refractivity contribution in [1.82, 2.24) is 0 Å². The Kier molecular flexibility index (Phi) is 7.71. The van der Waals surface area contributed by atoms with Crippen molar-refractivity contribution in [3.8, 4) is 5.75 Å². The number of ether oxygens (including phenoxy) is 2. The van der Waals surface area contributed by atoms with Crippen molar-refractivity contribution >= 4 is 54.4 Å². The summed E-state index contributed by atoms with van der Waals surface area (Å²) in [4.78, 5) is 12.8. The highest BCUT2D eigenvalue weighted by atomic mass is 79.9. The summed E-state index contributed by atoms with van der Waals surface area (Å²) >= 11 is 6.68.